The van der Waals surface area contributed by atoms with Gasteiger partial charge in [-0.15, -0.1) is 0 Å². The molecule has 88 valence electrons. The maximum absolute atomic E-state index is 5.75. The fourth-order valence-corrected chi connectivity index (χ4v) is 2.04. The third-order valence-corrected chi connectivity index (χ3v) is 2.92. The molecule has 0 aromatic heterocycles. The highest BCUT2D eigenvalue weighted by atomic mass is 16.5. The fraction of sp³-hybridized carbons (Fsp3) is 1.00. The largest absolute Gasteiger partial charge is 0.380 e. The minimum Gasteiger partial charge on any atom is -0.380 e. The van der Waals surface area contributed by atoms with E-state index >= 15 is 0 Å². The van der Waals surface area contributed by atoms with Crippen molar-refractivity contribution in [3.05, 3.63) is 0 Å². The summed E-state index contributed by atoms with van der Waals surface area (Å²) in [5.41, 5.74) is 0. The summed E-state index contributed by atoms with van der Waals surface area (Å²) in [6, 6.07) is 0.917. The van der Waals surface area contributed by atoms with Crippen molar-refractivity contribution in [2.45, 2.75) is 38.0 Å². The van der Waals surface area contributed by atoms with Crippen molar-refractivity contribution < 1.29 is 14.2 Å². The maximum Gasteiger partial charge on any atom is 0.0831 e. The van der Waals surface area contributed by atoms with Gasteiger partial charge in [-0.05, 0) is 19.8 Å². The lowest BCUT2D eigenvalue weighted by Gasteiger charge is -2.20. The molecule has 3 atom stereocenters. The van der Waals surface area contributed by atoms with Crippen LogP contribution >= 0.6 is 0 Å². The van der Waals surface area contributed by atoms with Crippen LogP contribution in [0.15, 0.2) is 0 Å². The average molecular weight is 215 g/mol. The van der Waals surface area contributed by atoms with E-state index in [2.05, 4.69) is 12.2 Å². The highest BCUT2D eigenvalue weighted by Gasteiger charge is 2.20. The summed E-state index contributed by atoms with van der Waals surface area (Å²) in [7, 11) is 0. The van der Waals surface area contributed by atoms with Crippen LogP contribution in [0.1, 0.15) is 19.8 Å². The topological polar surface area (TPSA) is 39.7 Å². The van der Waals surface area contributed by atoms with E-state index in [0.29, 0.717) is 18.2 Å². The van der Waals surface area contributed by atoms with Gasteiger partial charge < -0.3 is 19.5 Å². The third-order valence-electron chi connectivity index (χ3n) is 2.92. The Balaban J connectivity index is 1.57. The lowest BCUT2D eigenvalue weighted by molar-refractivity contribution is 0.0306. The number of hydrogen-bond acceptors (Lipinski definition) is 4. The minimum absolute atomic E-state index is 0.314. The lowest BCUT2D eigenvalue weighted by Crippen LogP contribution is -2.40. The molecule has 0 spiro atoms. The summed E-state index contributed by atoms with van der Waals surface area (Å²) >= 11 is 0. The Hall–Kier alpha value is -0.160. The summed E-state index contributed by atoms with van der Waals surface area (Å²) in [6.45, 7) is 6.28. The third kappa shape index (κ3) is 3.72. The van der Waals surface area contributed by atoms with Crippen molar-refractivity contribution in [1.29, 1.82) is 0 Å². The number of hydrogen-bond donors (Lipinski definition) is 1. The molecule has 2 aliphatic heterocycles. The van der Waals surface area contributed by atoms with E-state index in [1.165, 1.54) is 0 Å². The van der Waals surface area contributed by atoms with E-state index in [0.717, 1.165) is 45.9 Å². The van der Waals surface area contributed by atoms with Gasteiger partial charge in [0.1, 0.15) is 0 Å². The van der Waals surface area contributed by atoms with E-state index in [4.69, 9.17) is 14.2 Å². The molecule has 0 aromatic carbocycles. The Labute approximate surface area is 91.3 Å². The Bertz CT molecular complexity index is 177. The average Bonchev–Trinajstić information content (AvgIpc) is 2.86. The SMILES string of the molecule is CC(COC1CCOC1)NC1CCOC1. The standard InChI is InChI=1S/C11H21NO3/c1-9(12-10-2-4-13-7-10)6-15-11-3-5-14-8-11/h9-12H,2-8H2,1H3. The molecule has 3 unspecified atom stereocenters. The normalized spacial score (nSPS) is 33.4. The van der Waals surface area contributed by atoms with Crippen LogP contribution in [0.3, 0.4) is 0 Å². The predicted molar refractivity (Wildman–Crippen MR) is 57.0 cm³/mol. The van der Waals surface area contributed by atoms with Gasteiger partial charge in [0.25, 0.3) is 0 Å². The molecule has 0 aromatic rings. The summed E-state index contributed by atoms with van der Waals surface area (Å²) < 4.78 is 16.3. The first kappa shape index (κ1) is 11.3. The summed E-state index contributed by atoms with van der Waals surface area (Å²) in [4.78, 5) is 0. The molecule has 0 saturated carbocycles. The summed E-state index contributed by atoms with van der Waals surface area (Å²) in [5, 5.41) is 3.51. The number of rotatable bonds is 5. The predicted octanol–water partition coefficient (Wildman–Crippen LogP) is 0.559. The van der Waals surface area contributed by atoms with Crippen molar-refractivity contribution in [2.24, 2.45) is 0 Å². The van der Waals surface area contributed by atoms with E-state index < -0.39 is 0 Å². The first-order valence-electron chi connectivity index (χ1n) is 5.88. The molecule has 2 saturated heterocycles. The zero-order chi connectivity index (χ0) is 10.5. The van der Waals surface area contributed by atoms with Crippen molar-refractivity contribution in [3.63, 3.8) is 0 Å². The Morgan fingerprint density at radius 3 is 2.73 bits per heavy atom. The van der Waals surface area contributed by atoms with Gasteiger partial charge in [-0.3, -0.25) is 0 Å². The van der Waals surface area contributed by atoms with Crippen molar-refractivity contribution >= 4 is 0 Å². The van der Waals surface area contributed by atoms with Crippen molar-refractivity contribution in [1.82, 2.24) is 5.32 Å². The van der Waals surface area contributed by atoms with Crippen LogP contribution in [-0.2, 0) is 14.2 Å². The highest BCUT2D eigenvalue weighted by Crippen LogP contribution is 2.09. The Kier molecular flexibility index (Phi) is 4.38. The zero-order valence-electron chi connectivity index (χ0n) is 9.41. The molecule has 0 radical (unpaired) electrons. The van der Waals surface area contributed by atoms with Crippen LogP contribution in [0.25, 0.3) is 0 Å². The van der Waals surface area contributed by atoms with E-state index in [1.54, 1.807) is 0 Å². The van der Waals surface area contributed by atoms with Crippen LogP contribution in [0, 0.1) is 0 Å². The quantitative estimate of drug-likeness (QED) is 0.727. The van der Waals surface area contributed by atoms with Gasteiger partial charge in [0.15, 0.2) is 0 Å². The smallest absolute Gasteiger partial charge is 0.0831 e. The van der Waals surface area contributed by atoms with Gasteiger partial charge in [0.2, 0.25) is 0 Å². The van der Waals surface area contributed by atoms with Crippen LogP contribution in [-0.4, -0.2) is 51.2 Å². The van der Waals surface area contributed by atoms with Gasteiger partial charge in [-0.25, -0.2) is 0 Å². The molecule has 2 rings (SSSR count). The van der Waals surface area contributed by atoms with Crippen molar-refractivity contribution in [3.8, 4) is 0 Å². The van der Waals surface area contributed by atoms with Crippen LogP contribution < -0.4 is 5.32 Å². The van der Waals surface area contributed by atoms with Gasteiger partial charge in [-0.1, -0.05) is 0 Å². The van der Waals surface area contributed by atoms with Gasteiger partial charge >= 0.3 is 0 Å². The zero-order valence-corrected chi connectivity index (χ0v) is 9.41. The van der Waals surface area contributed by atoms with Gasteiger partial charge in [0, 0.05) is 25.3 Å². The lowest BCUT2D eigenvalue weighted by atomic mass is 10.2. The first-order valence-corrected chi connectivity index (χ1v) is 5.88. The molecule has 4 heteroatoms. The molecular weight excluding hydrogens is 194 g/mol. The van der Waals surface area contributed by atoms with E-state index in [-0.39, 0.29) is 0 Å². The molecular formula is C11H21NO3. The molecule has 4 nitrogen and oxygen atoms in total. The second-order valence-corrected chi connectivity index (χ2v) is 4.45. The van der Waals surface area contributed by atoms with Crippen LogP contribution in [0.5, 0.6) is 0 Å². The maximum atomic E-state index is 5.75. The molecule has 15 heavy (non-hydrogen) atoms. The monoisotopic (exact) mass is 215 g/mol. The molecule has 0 bridgehead atoms. The summed E-state index contributed by atoms with van der Waals surface area (Å²) in [5.74, 6) is 0. The van der Waals surface area contributed by atoms with Crippen LogP contribution in [0.4, 0.5) is 0 Å². The van der Waals surface area contributed by atoms with Gasteiger partial charge in [0.05, 0.1) is 25.9 Å². The highest BCUT2D eigenvalue weighted by molar-refractivity contribution is 4.75. The Morgan fingerprint density at radius 1 is 1.27 bits per heavy atom. The second-order valence-electron chi connectivity index (χ2n) is 4.45. The van der Waals surface area contributed by atoms with Gasteiger partial charge in [-0.2, -0.15) is 0 Å². The van der Waals surface area contributed by atoms with Crippen LogP contribution in [0.2, 0.25) is 0 Å². The second kappa shape index (κ2) is 5.80. The molecule has 0 aliphatic carbocycles. The molecule has 0 amide bonds. The molecule has 2 fully saturated rings. The van der Waals surface area contributed by atoms with E-state index in [1.807, 2.05) is 0 Å². The molecule has 2 heterocycles. The minimum atomic E-state index is 0.314. The molecule has 1 N–H and O–H groups in total. The van der Waals surface area contributed by atoms with E-state index in [9.17, 15) is 0 Å². The summed E-state index contributed by atoms with van der Waals surface area (Å²) in [6.07, 6.45) is 2.48. The first-order chi connectivity index (χ1) is 7.34. The Morgan fingerprint density at radius 2 is 2.07 bits per heavy atom. The fourth-order valence-electron chi connectivity index (χ4n) is 2.04. The number of ether oxygens (including phenoxy) is 3. The molecule has 2 aliphatic rings. The number of nitrogens with one attached hydrogen (secondary N) is 1. The van der Waals surface area contributed by atoms with Crippen molar-refractivity contribution in [2.75, 3.05) is 33.0 Å².